The summed E-state index contributed by atoms with van der Waals surface area (Å²) in [6.07, 6.45) is 6.46. The summed E-state index contributed by atoms with van der Waals surface area (Å²) < 4.78 is 4.75. The van der Waals surface area contributed by atoms with Crippen LogP contribution in [-0.2, 0) is 14.3 Å². The summed E-state index contributed by atoms with van der Waals surface area (Å²) in [7, 11) is 0. The van der Waals surface area contributed by atoms with Crippen LogP contribution in [0.5, 0.6) is 0 Å². The fourth-order valence-electron chi connectivity index (χ4n) is 2.12. The number of esters is 2. The van der Waals surface area contributed by atoms with Gasteiger partial charge in [0.15, 0.2) is 0 Å². The number of carbonyl (C=O) groups is 2. The van der Waals surface area contributed by atoms with E-state index in [4.69, 9.17) is 4.74 Å². The van der Waals surface area contributed by atoms with Gasteiger partial charge in [-0.3, -0.25) is 9.59 Å². The van der Waals surface area contributed by atoms with E-state index in [9.17, 15) is 9.59 Å². The van der Waals surface area contributed by atoms with E-state index in [0.29, 0.717) is 6.42 Å². The molecule has 0 aromatic heterocycles. The predicted octanol–water partition coefficient (Wildman–Crippen LogP) is 1.68. The van der Waals surface area contributed by atoms with E-state index >= 15 is 0 Å². The van der Waals surface area contributed by atoms with Crippen molar-refractivity contribution in [1.29, 1.82) is 0 Å². The van der Waals surface area contributed by atoms with Crippen LogP contribution in [0.3, 0.4) is 0 Å². The van der Waals surface area contributed by atoms with Crippen molar-refractivity contribution >= 4 is 11.9 Å². The lowest BCUT2D eigenvalue weighted by atomic mass is 9.81. The Bertz CT molecular complexity index is 293. The molecule has 2 aliphatic heterocycles. The summed E-state index contributed by atoms with van der Waals surface area (Å²) in [5.74, 6) is -0.401. The van der Waals surface area contributed by atoms with Crippen LogP contribution >= 0.6 is 0 Å². The highest BCUT2D eigenvalue weighted by Crippen LogP contribution is 2.31. The Morgan fingerprint density at radius 1 is 1.29 bits per heavy atom. The first kappa shape index (κ1) is 9.44. The smallest absolute Gasteiger partial charge is 0.316 e. The summed E-state index contributed by atoms with van der Waals surface area (Å²) in [4.78, 5) is 22.7. The zero-order valence-electron chi connectivity index (χ0n) is 8.23. The van der Waals surface area contributed by atoms with Crippen LogP contribution in [0, 0.1) is 17.8 Å². The van der Waals surface area contributed by atoms with Gasteiger partial charge < -0.3 is 4.74 Å². The molecular weight excluding hydrogens is 180 g/mol. The van der Waals surface area contributed by atoms with E-state index in [-0.39, 0.29) is 29.7 Å². The standard InChI is InChI=1S/C11H14O3/c1-7-9-4-2-8(3-5-9)6-10(12)14-11(7)13/h2,4,7-9H,3,5-6H2,1H3/t7-,8?,9?/m0/s1. The number of fused-ring (bicyclic) bond motifs is 5. The highest BCUT2D eigenvalue weighted by Gasteiger charge is 2.31. The molecule has 0 radical (unpaired) electrons. The Balaban J connectivity index is 2.24. The molecule has 2 unspecified atom stereocenters. The summed E-state index contributed by atoms with van der Waals surface area (Å²) in [6.45, 7) is 1.83. The van der Waals surface area contributed by atoms with Crippen molar-refractivity contribution in [2.45, 2.75) is 26.2 Å². The second-order valence-corrected chi connectivity index (χ2v) is 4.17. The molecule has 0 saturated carbocycles. The SMILES string of the molecule is C[C@@H]1C(=O)OC(=O)CC2C=CC1CC2. The minimum absolute atomic E-state index is 0.186. The molecule has 3 nitrogen and oxygen atoms in total. The summed E-state index contributed by atoms with van der Waals surface area (Å²) in [5.41, 5.74) is 0. The highest BCUT2D eigenvalue weighted by molar-refractivity contribution is 5.87. The zero-order valence-corrected chi connectivity index (χ0v) is 8.23. The van der Waals surface area contributed by atoms with Gasteiger partial charge >= 0.3 is 11.9 Å². The van der Waals surface area contributed by atoms with Crippen molar-refractivity contribution in [3.63, 3.8) is 0 Å². The molecule has 2 bridgehead atoms. The molecule has 0 N–H and O–H groups in total. The number of ether oxygens (including phenoxy) is 1. The third-order valence-corrected chi connectivity index (χ3v) is 3.16. The van der Waals surface area contributed by atoms with Gasteiger partial charge in [-0.05, 0) is 24.7 Å². The lowest BCUT2D eigenvalue weighted by molar-refractivity contribution is -0.162. The van der Waals surface area contributed by atoms with Crippen molar-refractivity contribution in [2.24, 2.45) is 17.8 Å². The Labute approximate surface area is 83.1 Å². The van der Waals surface area contributed by atoms with Gasteiger partial charge in [-0.2, -0.15) is 0 Å². The first-order valence-electron chi connectivity index (χ1n) is 5.09. The highest BCUT2D eigenvalue weighted by atomic mass is 16.6. The van der Waals surface area contributed by atoms with Crippen molar-refractivity contribution in [3.05, 3.63) is 12.2 Å². The molecule has 1 aliphatic carbocycles. The van der Waals surface area contributed by atoms with Gasteiger partial charge in [0.25, 0.3) is 0 Å². The molecule has 3 atom stereocenters. The Morgan fingerprint density at radius 2 is 2.07 bits per heavy atom. The van der Waals surface area contributed by atoms with Gasteiger partial charge in [-0.1, -0.05) is 19.1 Å². The number of rotatable bonds is 0. The fourth-order valence-corrected chi connectivity index (χ4v) is 2.12. The molecule has 1 saturated heterocycles. The average molecular weight is 194 g/mol. The summed E-state index contributed by atoms with van der Waals surface area (Å²) in [6, 6.07) is 0. The second-order valence-electron chi connectivity index (χ2n) is 4.17. The van der Waals surface area contributed by atoms with Crippen LogP contribution in [0.2, 0.25) is 0 Å². The molecule has 3 aliphatic rings. The van der Waals surface area contributed by atoms with Crippen molar-refractivity contribution in [3.8, 4) is 0 Å². The molecule has 1 fully saturated rings. The number of allylic oxidation sites excluding steroid dienone is 2. The van der Waals surface area contributed by atoms with Crippen LogP contribution in [-0.4, -0.2) is 11.9 Å². The maximum atomic E-state index is 11.4. The number of carbonyl (C=O) groups excluding carboxylic acids is 2. The number of hydrogen-bond acceptors (Lipinski definition) is 3. The van der Waals surface area contributed by atoms with Crippen LogP contribution in [0.15, 0.2) is 12.2 Å². The first-order valence-corrected chi connectivity index (χ1v) is 5.09. The number of hydrogen-bond donors (Lipinski definition) is 0. The van der Waals surface area contributed by atoms with Crippen molar-refractivity contribution in [1.82, 2.24) is 0 Å². The van der Waals surface area contributed by atoms with Crippen LogP contribution in [0.4, 0.5) is 0 Å². The third-order valence-electron chi connectivity index (χ3n) is 3.16. The molecule has 2 heterocycles. The summed E-state index contributed by atoms with van der Waals surface area (Å²) >= 11 is 0. The molecule has 0 aromatic carbocycles. The van der Waals surface area contributed by atoms with Crippen LogP contribution in [0.1, 0.15) is 26.2 Å². The molecule has 3 heteroatoms. The molecular formula is C11H14O3. The van der Waals surface area contributed by atoms with E-state index in [2.05, 4.69) is 12.2 Å². The van der Waals surface area contributed by atoms with Gasteiger partial charge in [0, 0.05) is 0 Å². The quantitative estimate of drug-likeness (QED) is 0.335. The van der Waals surface area contributed by atoms with E-state index in [1.165, 1.54) is 0 Å². The molecule has 76 valence electrons. The van der Waals surface area contributed by atoms with Crippen molar-refractivity contribution < 1.29 is 14.3 Å². The molecule has 0 amide bonds. The lowest BCUT2D eigenvalue weighted by Crippen LogP contribution is -2.23. The van der Waals surface area contributed by atoms with Crippen molar-refractivity contribution in [2.75, 3.05) is 0 Å². The molecule has 14 heavy (non-hydrogen) atoms. The maximum absolute atomic E-state index is 11.4. The van der Waals surface area contributed by atoms with E-state index < -0.39 is 0 Å². The van der Waals surface area contributed by atoms with Gasteiger partial charge in [0.05, 0.1) is 12.3 Å². The van der Waals surface area contributed by atoms with Gasteiger partial charge in [-0.15, -0.1) is 0 Å². The van der Waals surface area contributed by atoms with E-state index in [1.54, 1.807) is 0 Å². The van der Waals surface area contributed by atoms with E-state index in [1.807, 2.05) is 6.92 Å². The Hall–Kier alpha value is -1.12. The topological polar surface area (TPSA) is 43.4 Å². The normalized spacial score (nSPS) is 37.4. The maximum Gasteiger partial charge on any atom is 0.316 e. The molecule has 3 rings (SSSR count). The average Bonchev–Trinajstić information content (AvgIpc) is 2.23. The summed E-state index contributed by atoms with van der Waals surface area (Å²) in [5, 5.41) is 0. The Kier molecular flexibility index (Phi) is 2.40. The van der Waals surface area contributed by atoms with Crippen LogP contribution < -0.4 is 0 Å². The largest absolute Gasteiger partial charge is 0.393 e. The minimum Gasteiger partial charge on any atom is -0.393 e. The predicted molar refractivity (Wildman–Crippen MR) is 50.2 cm³/mol. The van der Waals surface area contributed by atoms with E-state index in [0.717, 1.165) is 12.8 Å². The monoisotopic (exact) mass is 194 g/mol. The minimum atomic E-state index is -0.376. The second kappa shape index (κ2) is 3.56. The third kappa shape index (κ3) is 1.72. The molecule has 0 aromatic rings. The molecule has 0 spiro atoms. The lowest BCUT2D eigenvalue weighted by Gasteiger charge is -2.22. The van der Waals surface area contributed by atoms with Crippen LogP contribution in [0.25, 0.3) is 0 Å². The Morgan fingerprint density at radius 3 is 2.71 bits per heavy atom. The van der Waals surface area contributed by atoms with Gasteiger partial charge in [-0.25, -0.2) is 0 Å². The van der Waals surface area contributed by atoms with Gasteiger partial charge in [0.1, 0.15) is 0 Å². The zero-order chi connectivity index (χ0) is 10.1. The fraction of sp³-hybridized carbons (Fsp3) is 0.636. The van der Waals surface area contributed by atoms with Gasteiger partial charge in [0.2, 0.25) is 0 Å². The first-order chi connectivity index (χ1) is 6.66.